The van der Waals surface area contributed by atoms with Gasteiger partial charge in [-0.25, -0.2) is 9.18 Å². The molecule has 0 aliphatic rings. The Labute approximate surface area is 114 Å². The normalized spacial score (nSPS) is 10.7. The van der Waals surface area contributed by atoms with Crippen molar-refractivity contribution in [1.82, 2.24) is 0 Å². The van der Waals surface area contributed by atoms with Crippen LogP contribution in [-0.4, -0.2) is 0 Å². The van der Waals surface area contributed by atoms with Crippen LogP contribution in [-0.2, 0) is 0 Å². The number of hydrogen-bond acceptors (Lipinski definition) is 3. The minimum atomic E-state index is -0.536. The molecule has 0 unspecified atom stereocenters. The van der Waals surface area contributed by atoms with Crippen molar-refractivity contribution >= 4 is 11.0 Å². The van der Waals surface area contributed by atoms with E-state index in [1.165, 1.54) is 24.3 Å². The van der Waals surface area contributed by atoms with Crippen LogP contribution in [0.15, 0.2) is 57.7 Å². The van der Waals surface area contributed by atoms with E-state index in [0.717, 1.165) is 5.56 Å². The van der Waals surface area contributed by atoms with Crippen LogP contribution in [0, 0.1) is 12.7 Å². The zero-order valence-corrected chi connectivity index (χ0v) is 10.7. The van der Waals surface area contributed by atoms with Gasteiger partial charge in [-0.1, -0.05) is 17.7 Å². The maximum atomic E-state index is 13.3. The van der Waals surface area contributed by atoms with Crippen molar-refractivity contribution in [3.63, 3.8) is 0 Å². The van der Waals surface area contributed by atoms with Crippen molar-refractivity contribution in [3.8, 4) is 11.5 Å². The third kappa shape index (κ3) is 2.40. The molecule has 0 atom stereocenters. The first-order chi connectivity index (χ1) is 9.61. The van der Waals surface area contributed by atoms with E-state index < -0.39 is 11.4 Å². The summed E-state index contributed by atoms with van der Waals surface area (Å²) in [6.07, 6.45) is 0. The first-order valence-corrected chi connectivity index (χ1v) is 6.10. The maximum absolute atomic E-state index is 13.3. The fourth-order valence-corrected chi connectivity index (χ4v) is 1.92. The highest BCUT2D eigenvalue weighted by Crippen LogP contribution is 2.29. The van der Waals surface area contributed by atoms with Crippen molar-refractivity contribution in [2.75, 3.05) is 0 Å². The number of halogens is 1. The highest BCUT2D eigenvalue weighted by molar-refractivity contribution is 5.83. The van der Waals surface area contributed by atoms with Gasteiger partial charge in [-0.15, -0.1) is 0 Å². The van der Waals surface area contributed by atoms with Crippen LogP contribution in [0.1, 0.15) is 5.56 Å². The largest absolute Gasteiger partial charge is 0.456 e. The molecule has 0 spiro atoms. The average Bonchev–Trinajstić information content (AvgIpc) is 2.42. The van der Waals surface area contributed by atoms with E-state index in [1.54, 1.807) is 12.1 Å². The molecule has 0 amide bonds. The summed E-state index contributed by atoms with van der Waals surface area (Å²) in [7, 11) is 0. The van der Waals surface area contributed by atoms with E-state index in [4.69, 9.17) is 9.15 Å². The summed E-state index contributed by atoms with van der Waals surface area (Å²) < 4.78 is 24.0. The summed E-state index contributed by atoms with van der Waals surface area (Å²) >= 11 is 0. The van der Waals surface area contributed by atoms with Gasteiger partial charge in [0.05, 0.1) is 11.5 Å². The second-order valence-corrected chi connectivity index (χ2v) is 4.49. The molecule has 3 nitrogen and oxygen atoms in total. The van der Waals surface area contributed by atoms with Crippen molar-refractivity contribution in [1.29, 1.82) is 0 Å². The Morgan fingerprint density at radius 1 is 1.05 bits per heavy atom. The Morgan fingerprint density at radius 3 is 2.55 bits per heavy atom. The van der Waals surface area contributed by atoms with Crippen LogP contribution in [0.5, 0.6) is 11.5 Å². The molecule has 0 saturated carbocycles. The van der Waals surface area contributed by atoms with E-state index in [-0.39, 0.29) is 5.75 Å². The van der Waals surface area contributed by atoms with Gasteiger partial charge < -0.3 is 9.15 Å². The number of rotatable bonds is 2. The van der Waals surface area contributed by atoms with E-state index in [1.807, 2.05) is 19.1 Å². The summed E-state index contributed by atoms with van der Waals surface area (Å²) in [5.41, 5.74) is 0.855. The minimum absolute atomic E-state index is 0.277. The summed E-state index contributed by atoms with van der Waals surface area (Å²) in [5.74, 6) is 0.437. The number of aryl methyl sites for hydroxylation is 1. The summed E-state index contributed by atoms with van der Waals surface area (Å²) in [6, 6.07) is 12.5. The number of hydrogen-bond donors (Lipinski definition) is 0. The molecule has 0 fully saturated rings. The molecule has 4 heteroatoms. The lowest BCUT2D eigenvalue weighted by molar-refractivity contribution is 0.474. The van der Waals surface area contributed by atoms with E-state index in [9.17, 15) is 9.18 Å². The van der Waals surface area contributed by atoms with E-state index in [0.29, 0.717) is 16.7 Å². The number of ether oxygens (including phenoxy) is 1. The molecule has 20 heavy (non-hydrogen) atoms. The van der Waals surface area contributed by atoms with Crippen molar-refractivity contribution < 1.29 is 13.5 Å². The lowest BCUT2D eigenvalue weighted by atomic mass is 10.2. The SMILES string of the molecule is Cc1ccc(Oc2cc(=O)oc3ccc(F)cc23)cc1. The van der Waals surface area contributed by atoms with Crippen LogP contribution in [0.4, 0.5) is 4.39 Å². The van der Waals surface area contributed by atoms with Gasteiger partial charge in [-0.05, 0) is 37.3 Å². The van der Waals surface area contributed by atoms with Crippen molar-refractivity contribution in [3.05, 3.63) is 70.3 Å². The van der Waals surface area contributed by atoms with Crippen LogP contribution in [0.3, 0.4) is 0 Å². The van der Waals surface area contributed by atoms with Crippen LogP contribution < -0.4 is 10.4 Å². The third-order valence-electron chi connectivity index (χ3n) is 2.92. The highest BCUT2D eigenvalue weighted by Gasteiger charge is 2.09. The molecule has 0 bridgehead atoms. The van der Waals surface area contributed by atoms with Crippen LogP contribution in [0.25, 0.3) is 11.0 Å². The molecule has 3 aromatic rings. The monoisotopic (exact) mass is 270 g/mol. The van der Waals surface area contributed by atoms with Crippen molar-refractivity contribution in [2.45, 2.75) is 6.92 Å². The van der Waals surface area contributed by atoms with Gasteiger partial charge in [0.1, 0.15) is 22.9 Å². The zero-order chi connectivity index (χ0) is 14.1. The summed E-state index contributed by atoms with van der Waals surface area (Å²) in [4.78, 5) is 11.5. The Morgan fingerprint density at radius 2 is 1.80 bits per heavy atom. The lowest BCUT2D eigenvalue weighted by Gasteiger charge is -2.08. The molecule has 0 radical (unpaired) electrons. The second-order valence-electron chi connectivity index (χ2n) is 4.49. The molecule has 0 saturated heterocycles. The Balaban J connectivity index is 2.12. The van der Waals surface area contributed by atoms with Gasteiger partial charge in [0, 0.05) is 0 Å². The number of fused-ring (bicyclic) bond motifs is 1. The third-order valence-corrected chi connectivity index (χ3v) is 2.92. The molecule has 3 rings (SSSR count). The first kappa shape index (κ1) is 12.4. The molecular weight excluding hydrogens is 259 g/mol. The molecule has 0 aliphatic heterocycles. The van der Waals surface area contributed by atoms with Gasteiger partial charge in [0.25, 0.3) is 0 Å². The Kier molecular flexibility index (Phi) is 2.99. The zero-order valence-electron chi connectivity index (χ0n) is 10.7. The molecule has 0 aliphatic carbocycles. The van der Waals surface area contributed by atoms with Gasteiger partial charge in [0.2, 0.25) is 0 Å². The highest BCUT2D eigenvalue weighted by atomic mass is 19.1. The van der Waals surface area contributed by atoms with E-state index >= 15 is 0 Å². The van der Waals surface area contributed by atoms with Crippen LogP contribution in [0.2, 0.25) is 0 Å². The predicted octanol–water partition coefficient (Wildman–Crippen LogP) is 4.03. The molecule has 1 aromatic heterocycles. The maximum Gasteiger partial charge on any atom is 0.339 e. The van der Waals surface area contributed by atoms with Gasteiger partial charge in [-0.3, -0.25) is 0 Å². The molecular formula is C16H11FO3. The van der Waals surface area contributed by atoms with Gasteiger partial charge in [-0.2, -0.15) is 0 Å². The molecule has 1 heterocycles. The minimum Gasteiger partial charge on any atom is -0.456 e. The molecule has 0 N–H and O–H groups in total. The van der Waals surface area contributed by atoms with Gasteiger partial charge in [0.15, 0.2) is 0 Å². The molecule has 2 aromatic carbocycles. The Bertz CT molecular complexity index is 819. The topological polar surface area (TPSA) is 39.4 Å². The summed E-state index contributed by atoms with van der Waals surface area (Å²) in [6.45, 7) is 1.96. The summed E-state index contributed by atoms with van der Waals surface area (Å²) in [5, 5.41) is 0.421. The smallest absolute Gasteiger partial charge is 0.339 e. The first-order valence-electron chi connectivity index (χ1n) is 6.10. The standard InChI is InChI=1S/C16H11FO3/c1-10-2-5-12(6-3-10)19-15-9-16(18)20-14-7-4-11(17)8-13(14)15/h2-9H,1H3. The quantitative estimate of drug-likeness (QED) is 0.660. The van der Waals surface area contributed by atoms with Crippen LogP contribution >= 0.6 is 0 Å². The Hall–Kier alpha value is -2.62. The van der Waals surface area contributed by atoms with Gasteiger partial charge >= 0.3 is 5.63 Å². The fourth-order valence-electron chi connectivity index (χ4n) is 1.92. The van der Waals surface area contributed by atoms with E-state index in [2.05, 4.69) is 0 Å². The molecule has 100 valence electrons. The average molecular weight is 270 g/mol. The predicted molar refractivity (Wildman–Crippen MR) is 73.7 cm³/mol. The lowest BCUT2D eigenvalue weighted by Crippen LogP contribution is -1.98. The second kappa shape index (κ2) is 4.81. The fraction of sp³-hybridized carbons (Fsp3) is 0.0625. The van der Waals surface area contributed by atoms with Crippen molar-refractivity contribution in [2.24, 2.45) is 0 Å². The number of benzene rings is 2.